The lowest BCUT2D eigenvalue weighted by Gasteiger charge is -2.15. The highest BCUT2D eigenvalue weighted by Gasteiger charge is 2.09. The lowest BCUT2D eigenvalue weighted by Crippen LogP contribution is -2.15. The molecule has 0 spiro atoms. The molecule has 20 heavy (non-hydrogen) atoms. The van der Waals surface area contributed by atoms with E-state index in [0.29, 0.717) is 0 Å². The molecule has 2 nitrogen and oxygen atoms in total. The van der Waals surface area contributed by atoms with Gasteiger partial charge in [0.25, 0.3) is 0 Å². The molecule has 1 aliphatic carbocycles. The van der Waals surface area contributed by atoms with E-state index >= 15 is 0 Å². The Morgan fingerprint density at radius 2 is 1.35 bits per heavy atom. The van der Waals surface area contributed by atoms with E-state index in [1.165, 1.54) is 95.6 Å². The molecule has 0 amide bonds. The van der Waals surface area contributed by atoms with Crippen LogP contribution in [0.25, 0.3) is 0 Å². The Morgan fingerprint density at radius 3 is 2.20 bits per heavy atom. The van der Waals surface area contributed by atoms with Gasteiger partial charge in [-0.3, -0.25) is 0 Å². The number of hydrogen-bond acceptors (Lipinski definition) is 2. The molecular formula is C18H32N2. The Balaban J connectivity index is 1.98. The van der Waals surface area contributed by atoms with Crippen molar-refractivity contribution >= 4 is 5.71 Å². The number of nitrogens with zero attached hydrogens (tertiary/aromatic N) is 1. The second-order valence-corrected chi connectivity index (χ2v) is 6.37. The van der Waals surface area contributed by atoms with Gasteiger partial charge in [-0.1, -0.05) is 51.0 Å². The maximum Gasteiger partial charge on any atom is 0.0631 e. The molecule has 0 aromatic heterocycles. The highest BCUT2D eigenvalue weighted by molar-refractivity contribution is 5.99. The van der Waals surface area contributed by atoms with Crippen LogP contribution in [-0.4, -0.2) is 12.3 Å². The van der Waals surface area contributed by atoms with Crippen molar-refractivity contribution in [3.63, 3.8) is 0 Å². The number of hydrazone groups is 1. The molecule has 0 bridgehead atoms. The molecule has 0 aromatic rings. The van der Waals surface area contributed by atoms with Crippen molar-refractivity contribution in [1.29, 1.82) is 0 Å². The largest absolute Gasteiger partial charge is 0.310 e. The molecule has 0 fully saturated rings. The minimum Gasteiger partial charge on any atom is -0.310 e. The maximum absolute atomic E-state index is 4.73. The summed E-state index contributed by atoms with van der Waals surface area (Å²) in [6, 6.07) is 0. The maximum atomic E-state index is 4.73. The molecule has 0 radical (unpaired) electrons. The van der Waals surface area contributed by atoms with Crippen LogP contribution in [0.3, 0.4) is 0 Å². The molecule has 2 aliphatic rings. The molecule has 2 heteroatoms. The van der Waals surface area contributed by atoms with Gasteiger partial charge in [0.05, 0.1) is 5.71 Å². The number of nitrogens with one attached hydrogen (secondary N) is 1. The van der Waals surface area contributed by atoms with Crippen LogP contribution < -0.4 is 5.43 Å². The van der Waals surface area contributed by atoms with E-state index < -0.39 is 0 Å². The molecule has 114 valence electrons. The Kier molecular flexibility index (Phi) is 7.81. The van der Waals surface area contributed by atoms with E-state index in [2.05, 4.69) is 11.5 Å². The molecule has 0 unspecified atom stereocenters. The minimum atomic E-state index is 1.05. The van der Waals surface area contributed by atoms with Gasteiger partial charge >= 0.3 is 0 Å². The molecule has 0 saturated heterocycles. The SMILES string of the molecule is C1=C(C2=NNCCCCCCC2)CCCCCCCC1. The quantitative estimate of drug-likeness (QED) is 0.686. The summed E-state index contributed by atoms with van der Waals surface area (Å²) in [4.78, 5) is 0. The van der Waals surface area contributed by atoms with Crippen LogP contribution in [0, 0.1) is 0 Å². The van der Waals surface area contributed by atoms with Crippen LogP contribution in [0.1, 0.15) is 89.9 Å². The number of rotatable bonds is 1. The van der Waals surface area contributed by atoms with Gasteiger partial charge in [0, 0.05) is 6.54 Å². The molecule has 2 rings (SSSR count). The predicted molar refractivity (Wildman–Crippen MR) is 88.2 cm³/mol. The average molecular weight is 276 g/mol. The highest BCUT2D eigenvalue weighted by atomic mass is 15.3. The first-order valence-corrected chi connectivity index (χ1v) is 8.95. The first-order valence-electron chi connectivity index (χ1n) is 8.95. The third-order valence-corrected chi connectivity index (χ3v) is 4.58. The summed E-state index contributed by atoms with van der Waals surface area (Å²) in [5.74, 6) is 0. The zero-order chi connectivity index (χ0) is 13.9. The van der Waals surface area contributed by atoms with Crippen molar-refractivity contribution in [2.45, 2.75) is 89.9 Å². The molecule has 1 N–H and O–H groups in total. The van der Waals surface area contributed by atoms with Gasteiger partial charge in [-0.15, -0.1) is 0 Å². The van der Waals surface area contributed by atoms with Crippen LogP contribution in [-0.2, 0) is 0 Å². The smallest absolute Gasteiger partial charge is 0.0631 e. The number of hydrogen-bond donors (Lipinski definition) is 1. The van der Waals surface area contributed by atoms with Crippen molar-refractivity contribution in [1.82, 2.24) is 5.43 Å². The standard InChI is InChI=1S/C18H32N2/c1-2-5-9-13-17(14-10-6-3-1)18-15-11-7-4-8-12-16-19-20-18/h13,19H,1-12,14-16H2. The van der Waals surface area contributed by atoms with E-state index in [1.807, 2.05) is 0 Å². The molecular weight excluding hydrogens is 244 g/mol. The van der Waals surface area contributed by atoms with E-state index in [-0.39, 0.29) is 0 Å². The average Bonchev–Trinajstić information content (AvgIpc) is 2.50. The summed E-state index contributed by atoms with van der Waals surface area (Å²) in [6.45, 7) is 1.05. The summed E-state index contributed by atoms with van der Waals surface area (Å²) in [5.41, 5.74) is 6.24. The Bertz CT molecular complexity index is 285. The Morgan fingerprint density at radius 1 is 0.700 bits per heavy atom. The van der Waals surface area contributed by atoms with E-state index in [0.717, 1.165) is 6.54 Å². The van der Waals surface area contributed by atoms with Gasteiger partial charge in [-0.05, 0) is 50.5 Å². The summed E-state index contributed by atoms with van der Waals surface area (Å²) in [6.07, 6.45) is 21.3. The first kappa shape index (κ1) is 15.6. The van der Waals surface area contributed by atoms with Crippen LogP contribution >= 0.6 is 0 Å². The molecule has 0 aromatic carbocycles. The van der Waals surface area contributed by atoms with E-state index in [9.17, 15) is 0 Å². The first-order chi connectivity index (χ1) is 9.97. The van der Waals surface area contributed by atoms with Crippen LogP contribution in [0.5, 0.6) is 0 Å². The zero-order valence-corrected chi connectivity index (χ0v) is 13.1. The summed E-state index contributed by atoms with van der Waals surface area (Å²) in [7, 11) is 0. The Hall–Kier alpha value is -0.790. The molecule has 1 aliphatic heterocycles. The third-order valence-electron chi connectivity index (χ3n) is 4.58. The van der Waals surface area contributed by atoms with Crippen LogP contribution in [0.2, 0.25) is 0 Å². The van der Waals surface area contributed by atoms with Gasteiger partial charge in [-0.2, -0.15) is 5.10 Å². The van der Waals surface area contributed by atoms with Crippen molar-refractivity contribution in [3.05, 3.63) is 11.6 Å². The van der Waals surface area contributed by atoms with Gasteiger partial charge in [0.15, 0.2) is 0 Å². The zero-order valence-electron chi connectivity index (χ0n) is 13.1. The number of allylic oxidation sites excluding steroid dienone is 2. The molecule has 0 atom stereocenters. The van der Waals surface area contributed by atoms with Gasteiger partial charge in [-0.25, -0.2) is 0 Å². The Labute approximate surface area is 125 Å². The lowest BCUT2D eigenvalue weighted by atomic mass is 9.94. The van der Waals surface area contributed by atoms with Gasteiger partial charge < -0.3 is 5.43 Å². The van der Waals surface area contributed by atoms with E-state index in [4.69, 9.17) is 5.10 Å². The third kappa shape index (κ3) is 6.11. The minimum absolute atomic E-state index is 1.05. The van der Waals surface area contributed by atoms with Crippen LogP contribution in [0.15, 0.2) is 16.8 Å². The van der Waals surface area contributed by atoms with Crippen LogP contribution in [0.4, 0.5) is 0 Å². The van der Waals surface area contributed by atoms with E-state index in [1.54, 1.807) is 5.57 Å². The summed E-state index contributed by atoms with van der Waals surface area (Å²) >= 11 is 0. The summed E-state index contributed by atoms with van der Waals surface area (Å²) in [5, 5.41) is 4.73. The monoisotopic (exact) mass is 276 g/mol. The fourth-order valence-electron chi connectivity index (χ4n) is 3.27. The fraction of sp³-hybridized carbons (Fsp3) is 0.833. The topological polar surface area (TPSA) is 24.4 Å². The highest BCUT2D eigenvalue weighted by Crippen LogP contribution is 2.20. The predicted octanol–water partition coefficient (Wildman–Crippen LogP) is 5.35. The molecule has 1 heterocycles. The van der Waals surface area contributed by atoms with Crippen molar-refractivity contribution in [2.24, 2.45) is 5.10 Å². The second kappa shape index (κ2) is 10.0. The lowest BCUT2D eigenvalue weighted by molar-refractivity contribution is 0.573. The van der Waals surface area contributed by atoms with Crippen molar-refractivity contribution in [3.8, 4) is 0 Å². The van der Waals surface area contributed by atoms with Gasteiger partial charge in [0.2, 0.25) is 0 Å². The molecule has 0 saturated carbocycles. The van der Waals surface area contributed by atoms with Crippen molar-refractivity contribution in [2.75, 3.05) is 6.54 Å². The normalized spacial score (nSPS) is 24.0. The van der Waals surface area contributed by atoms with Gasteiger partial charge in [0.1, 0.15) is 0 Å². The summed E-state index contributed by atoms with van der Waals surface area (Å²) < 4.78 is 0. The second-order valence-electron chi connectivity index (χ2n) is 6.37. The fourth-order valence-corrected chi connectivity index (χ4v) is 3.27. The van der Waals surface area contributed by atoms with Crippen molar-refractivity contribution < 1.29 is 0 Å².